The van der Waals surface area contributed by atoms with Gasteiger partial charge in [0.2, 0.25) is 5.91 Å². The van der Waals surface area contributed by atoms with Crippen molar-refractivity contribution in [3.63, 3.8) is 0 Å². The first-order valence-corrected chi connectivity index (χ1v) is 12.5. The van der Waals surface area contributed by atoms with Gasteiger partial charge >= 0.3 is 0 Å². The molecule has 0 bridgehead atoms. The van der Waals surface area contributed by atoms with Crippen molar-refractivity contribution in [3.8, 4) is 0 Å². The predicted octanol–water partition coefficient (Wildman–Crippen LogP) is 3.80. The molecule has 1 unspecified atom stereocenters. The third kappa shape index (κ3) is 2.61. The first-order valence-electron chi connectivity index (χ1n) is 10.8. The monoisotopic (exact) mass is 464 g/mol. The van der Waals surface area contributed by atoms with Gasteiger partial charge in [-0.2, -0.15) is 5.10 Å². The number of carbonyl (C=O) groups excluding carboxylic acids is 1. The second kappa shape index (κ2) is 7.19. The van der Waals surface area contributed by atoms with E-state index in [1.165, 1.54) is 9.75 Å². The minimum absolute atomic E-state index is 0.0380. The molecule has 9 heteroatoms. The number of fused-ring (bicyclic) bond motifs is 2. The van der Waals surface area contributed by atoms with Gasteiger partial charge in [-0.05, 0) is 27.0 Å². The first kappa shape index (κ1) is 20.0. The van der Waals surface area contributed by atoms with Crippen LogP contribution in [0.5, 0.6) is 0 Å². The van der Waals surface area contributed by atoms with Crippen LogP contribution in [0.25, 0.3) is 0 Å². The molecule has 3 aliphatic rings. The minimum atomic E-state index is -0.782. The van der Waals surface area contributed by atoms with Crippen LogP contribution < -0.4 is 10.7 Å². The van der Waals surface area contributed by atoms with E-state index in [1.54, 1.807) is 22.7 Å². The van der Waals surface area contributed by atoms with Crippen LogP contribution in [0, 0.1) is 19.8 Å². The van der Waals surface area contributed by atoms with Crippen LogP contribution in [0.2, 0.25) is 0 Å². The normalized spacial score (nSPS) is 29.3. The van der Waals surface area contributed by atoms with Crippen molar-refractivity contribution in [1.82, 2.24) is 20.3 Å². The first-order chi connectivity index (χ1) is 15.5. The Kier molecular flexibility index (Phi) is 4.50. The van der Waals surface area contributed by atoms with Crippen molar-refractivity contribution < 1.29 is 4.79 Å². The standard InChI is InChI=1S/C23H24N6OS2/c1-12-20(31-10-24-12)14-9-29(3)23(15-6-4-5-7-16(15)26-22(23)30)19(14)17-8-18(28-27-17)21-13(2)25-11-32-21/h4-7,10-11,14,18-19,28H,8-9H2,1-3H3,(H,26,30)/t14-,18?,19-,23+/m1/s1. The van der Waals surface area contributed by atoms with Crippen molar-refractivity contribution in [3.05, 3.63) is 62.0 Å². The molecule has 0 radical (unpaired) electrons. The number of nitrogens with one attached hydrogen (secondary N) is 2. The number of para-hydroxylation sites is 1. The predicted molar refractivity (Wildman–Crippen MR) is 127 cm³/mol. The lowest BCUT2D eigenvalue weighted by atomic mass is 9.71. The molecule has 4 atom stereocenters. The molecule has 7 nitrogen and oxygen atoms in total. The maximum absolute atomic E-state index is 13.7. The van der Waals surface area contributed by atoms with Crippen LogP contribution in [0.3, 0.4) is 0 Å². The number of anilines is 1. The van der Waals surface area contributed by atoms with E-state index in [0.717, 1.165) is 41.3 Å². The number of aromatic nitrogens is 2. The van der Waals surface area contributed by atoms with Crippen molar-refractivity contribution in [1.29, 1.82) is 0 Å². The lowest BCUT2D eigenvalue weighted by molar-refractivity contribution is -0.126. The number of aryl methyl sites for hydroxylation is 2. The number of hydrazone groups is 1. The van der Waals surface area contributed by atoms with E-state index in [0.29, 0.717) is 0 Å². The highest BCUT2D eigenvalue weighted by Gasteiger charge is 2.64. The average Bonchev–Trinajstić information content (AvgIpc) is 3.57. The quantitative estimate of drug-likeness (QED) is 0.616. The lowest BCUT2D eigenvalue weighted by Gasteiger charge is -2.36. The smallest absolute Gasteiger partial charge is 0.250 e. The van der Waals surface area contributed by atoms with Gasteiger partial charge in [0.15, 0.2) is 0 Å². The van der Waals surface area contributed by atoms with E-state index in [9.17, 15) is 4.79 Å². The van der Waals surface area contributed by atoms with E-state index >= 15 is 0 Å². The number of likely N-dealkylation sites (tertiary alicyclic amines) is 1. The summed E-state index contributed by atoms with van der Waals surface area (Å²) >= 11 is 3.35. The molecule has 164 valence electrons. The number of nitrogens with zero attached hydrogens (tertiary/aromatic N) is 4. The molecule has 3 aliphatic heterocycles. The van der Waals surface area contributed by atoms with Crippen LogP contribution in [-0.4, -0.2) is 40.1 Å². The molecule has 0 aliphatic carbocycles. The highest BCUT2D eigenvalue weighted by molar-refractivity contribution is 7.10. The maximum Gasteiger partial charge on any atom is 0.250 e. The van der Waals surface area contributed by atoms with Gasteiger partial charge in [-0.25, -0.2) is 9.97 Å². The second-order valence-electron chi connectivity index (χ2n) is 8.82. The summed E-state index contributed by atoms with van der Waals surface area (Å²) in [6.07, 6.45) is 0.771. The largest absolute Gasteiger partial charge is 0.324 e. The van der Waals surface area contributed by atoms with E-state index in [-0.39, 0.29) is 23.8 Å². The zero-order valence-corrected chi connectivity index (χ0v) is 19.8. The molecular formula is C23H24N6OS2. The van der Waals surface area contributed by atoms with Gasteiger partial charge < -0.3 is 10.7 Å². The number of thiazole rings is 2. The number of hydrogen-bond acceptors (Lipinski definition) is 8. The van der Waals surface area contributed by atoms with E-state index in [2.05, 4.69) is 45.6 Å². The third-order valence-corrected chi connectivity index (χ3v) is 9.32. The summed E-state index contributed by atoms with van der Waals surface area (Å²) in [5.74, 6) is 0.100. The Bertz CT molecular complexity index is 1250. The van der Waals surface area contributed by atoms with Crippen LogP contribution >= 0.6 is 22.7 Å². The summed E-state index contributed by atoms with van der Waals surface area (Å²) < 4.78 is 0. The Morgan fingerprint density at radius 2 is 1.81 bits per heavy atom. The van der Waals surface area contributed by atoms with E-state index < -0.39 is 5.54 Å². The SMILES string of the molecule is Cc1ncsc1C1CC([C@H]2[C@H](c3scnc3C)CN(C)[C@]23C(=O)Nc2ccccc23)=NN1. The Balaban J connectivity index is 1.49. The van der Waals surface area contributed by atoms with Crippen molar-refractivity contribution >= 4 is 40.0 Å². The highest BCUT2D eigenvalue weighted by atomic mass is 32.1. The molecule has 32 heavy (non-hydrogen) atoms. The minimum Gasteiger partial charge on any atom is -0.324 e. The molecule has 0 saturated carbocycles. The molecule has 2 aromatic heterocycles. The zero-order chi connectivity index (χ0) is 22.0. The van der Waals surface area contributed by atoms with Gasteiger partial charge in [0.25, 0.3) is 0 Å². The summed E-state index contributed by atoms with van der Waals surface area (Å²) in [5.41, 5.74) is 11.5. The fourth-order valence-corrected chi connectivity index (χ4v) is 7.64. The topological polar surface area (TPSA) is 82.5 Å². The summed E-state index contributed by atoms with van der Waals surface area (Å²) in [6.45, 7) is 4.88. The molecule has 2 N–H and O–H groups in total. The van der Waals surface area contributed by atoms with Gasteiger partial charge in [0, 0.05) is 46.6 Å². The van der Waals surface area contributed by atoms with Gasteiger partial charge in [-0.3, -0.25) is 9.69 Å². The van der Waals surface area contributed by atoms with Crippen molar-refractivity contribution in [2.75, 3.05) is 18.9 Å². The van der Waals surface area contributed by atoms with Gasteiger partial charge in [0.05, 0.1) is 33.3 Å². The van der Waals surface area contributed by atoms with Crippen LogP contribution in [0.15, 0.2) is 40.4 Å². The van der Waals surface area contributed by atoms with Gasteiger partial charge in [-0.15, -0.1) is 22.7 Å². The maximum atomic E-state index is 13.7. The van der Waals surface area contributed by atoms with Crippen LogP contribution in [0.4, 0.5) is 5.69 Å². The number of amides is 1. The number of benzene rings is 1. The Morgan fingerprint density at radius 1 is 1.09 bits per heavy atom. The number of rotatable bonds is 3. The highest BCUT2D eigenvalue weighted by Crippen LogP contribution is 2.57. The Morgan fingerprint density at radius 3 is 2.53 bits per heavy atom. The lowest BCUT2D eigenvalue weighted by Crippen LogP contribution is -2.51. The second-order valence-corrected chi connectivity index (χ2v) is 10.6. The zero-order valence-electron chi connectivity index (χ0n) is 18.1. The van der Waals surface area contributed by atoms with E-state index in [4.69, 9.17) is 5.10 Å². The van der Waals surface area contributed by atoms with Gasteiger partial charge in [0.1, 0.15) is 5.54 Å². The van der Waals surface area contributed by atoms with Crippen LogP contribution in [-0.2, 0) is 10.3 Å². The molecular weight excluding hydrogens is 440 g/mol. The molecule has 5 heterocycles. The third-order valence-electron chi connectivity index (χ3n) is 7.21. The fourth-order valence-electron chi connectivity index (χ4n) is 5.85. The average molecular weight is 465 g/mol. The fraction of sp³-hybridized carbons (Fsp3) is 0.391. The molecule has 3 aromatic rings. The summed E-state index contributed by atoms with van der Waals surface area (Å²) in [6, 6.07) is 8.19. The summed E-state index contributed by atoms with van der Waals surface area (Å²) in [5, 5.41) is 8.04. The molecule has 1 aromatic carbocycles. The van der Waals surface area contributed by atoms with Crippen molar-refractivity contribution in [2.45, 2.75) is 37.8 Å². The molecule has 1 spiro atoms. The molecule has 1 fully saturated rings. The number of hydrogen-bond donors (Lipinski definition) is 2. The molecule has 6 rings (SSSR count). The Labute approximate surface area is 194 Å². The Hall–Kier alpha value is -2.62. The summed E-state index contributed by atoms with van der Waals surface area (Å²) in [7, 11) is 2.07. The molecule has 1 saturated heterocycles. The number of likely N-dealkylation sites (N-methyl/N-ethyl adjacent to an activating group) is 1. The summed E-state index contributed by atoms with van der Waals surface area (Å²) in [4.78, 5) is 27.4. The van der Waals surface area contributed by atoms with Crippen molar-refractivity contribution in [2.24, 2.45) is 11.0 Å². The molecule has 1 amide bonds. The van der Waals surface area contributed by atoms with E-state index in [1.807, 2.05) is 36.1 Å². The number of carbonyl (C=O) groups is 1. The van der Waals surface area contributed by atoms with Gasteiger partial charge in [-0.1, -0.05) is 18.2 Å². The van der Waals surface area contributed by atoms with Crippen LogP contribution in [0.1, 0.15) is 45.1 Å².